The Bertz CT molecular complexity index is 1390. The summed E-state index contributed by atoms with van der Waals surface area (Å²) in [4.78, 5) is 27.3. The molecule has 3 N–H and O–H groups in total. The number of likely N-dealkylation sites (N-methyl/N-ethyl adjacent to an activating group) is 1. The third-order valence-corrected chi connectivity index (χ3v) is 6.18. The van der Waals surface area contributed by atoms with Crippen LogP contribution in [0.4, 0.5) is 29.3 Å². The fraction of sp³-hybridized carbons (Fsp3) is 0.200. The van der Waals surface area contributed by atoms with Crippen LogP contribution in [0.25, 0.3) is 0 Å². The second-order valence-corrected chi connectivity index (χ2v) is 9.51. The second kappa shape index (κ2) is 12.4. The number of nitrogens with zero attached hydrogens (tertiary/aromatic N) is 1. The molecule has 1 atom stereocenters. The number of nitrogens with one attached hydrogen (secondary N) is 3. The number of anilines is 2. The minimum absolute atomic E-state index is 0.0396. The van der Waals surface area contributed by atoms with Gasteiger partial charge in [0.2, 0.25) is 5.91 Å². The maximum Gasteiger partial charge on any atom is 0.573 e. The van der Waals surface area contributed by atoms with Crippen LogP contribution in [0.5, 0.6) is 11.5 Å². The molecule has 39 heavy (non-hydrogen) atoms. The largest absolute Gasteiger partial charge is 0.573 e. The normalized spacial score (nSPS) is 12.1. The zero-order valence-corrected chi connectivity index (χ0v) is 21.5. The standard InChI is InChI=1S/C25H25F3N4O6S/c1-32(19-11-13-20(37-2)14-12-19)23(33)22(15-17-7-4-3-5-8-17)29-24(34)31-39(35,36)30-18-9-6-10-21(16-18)38-25(26,27)28/h3-14,16,22,30H,15H2,1-2H3,(H2,29,31,34). The quantitative estimate of drug-likeness (QED) is 0.343. The van der Waals surface area contributed by atoms with Gasteiger partial charge in [-0.3, -0.25) is 9.52 Å². The van der Waals surface area contributed by atoms with Gasteiger partial charge in [-0.2, -0.15) is 8.42 Å². The van der Waals surface area contributed by atoms with Crippen LogP contribution in [0.15, 0.2) is 78.9 Å². The lowest BCUT2D eigenvalue weighted by Gasteiger charge is -2.25. The van der Waals surface area contributed by atoms with E-state index in [0.717, 1.165) is 24.3 Å². The first kappa shape index (κ1) is 29.1. The van der Waals surface area contributed by atoms with E-state index < -0.39 is 40.3 Å². The highest BCUT2D eigenvalue weighted by atomic mass is 32.2. The van der Waals surface area contributed by atoms with Crippen LogP contribution in [0.3, 0.4) is 0 Å². The highest BCUT2D eigenvalue weighted by Crippen LogP contribution is 2.25. The molecule has 10 nitrogen and oxygen atoms in total. The van der Waals surface area contributed by atoms with Crippen LogP contribution >= 0.6 is 0 Å². The second-order valence-electron chi connectivity index (χ2n) is 8.09. The van der Waals surface area contributed by atoms with Crippen molar-refractivity contribution in [3.8, 4) is 11.5 Å². The van der Waals surface area contributed by atoms with Gasteiger partial charge in [-0.05, 0) is 42.0 Å². The summed E-state index contributed by atoms with van der Waals surface area (Å²) in [5, 5.41) is 2.36. The maximum atomic E-state index is 13.3. The summed E-state index contributed by atoms with van der Waals surface area (Å²) < 4.78 is 74.9. The molecule has 0 bridgehead atoms. The van der Waals surface area contributed by atoms with E-state index in [1.165, 1.54) is 19.1 Å². The number of urea groups is 1. The third kappa shape index (κ3) is 9.10. The lowest BCUT2D eigenvalue weighted by Crippen LogP contribution is -2.53. The average molecular weight is 567 g/mol. The molecule has 14 heteroatoms. The first-order valence-corrected chi connectivity index (χ1v) is 12.8. The Kier molecular flexibility index (Phi) is 9.24. The lowest BCUT2D eigenvalue weighted by molar-refractivity contribution is -0.274. The van der Waals surface area contributed by atoms with Crippen LogP contribution in [0.1, 0.15) is 5.56 Å². The van der Waals surface area contributed by atoms with Crippen LogP contribution in [0, 0.1) is 0 Å². The SMILES string of the molecule is COc1ccc(N(C)C(=O)C(Cc2ccccc2)NC(=O)NS(=O)(=O)Nc2cccc(OC(F)(F)F)c2)cc1. The zero-order valence-electron chi connectivity index (χ0n) is 20.7. The molecule has 3 rings (SSSR count). The van der Waals surface area contributed by atoms with Gasteiger partial charge in [0.05, 0.1) is 12.8 Å². The van der Waals surface area contributed by atoms with Gasteiger partial charge in [0, 0.05) is 25.2 Å². The van der Waals surface area contributed by atoms with Crippen molar-refractivity contribution < 1.29 is 40.7 Å². The van der Waals surface area contributed by atoms with Crippen molar-refractivity contribution in [3.05, 3.63) is 84.4 Å². The number of carbonyl (C=O) groups is 2. The zero-order chi connectivity index (χ0) is 28.6. The first-order chi connectivity index (χ1) is 18.3. The molecule has 0 saturated carbocycles. The first-order valence-electron chi connectivity index (χ1n) is 11.3. The molecule has 3 amide bonds. The van der Waals surface area contributed by atoms with Crippen molar-refractivity contribution >= 4 is 33.5 Å². The molecule has 208 valence electrons. The molecule has 0 aliphatic rings. The Morgan fingerprint density at radius 3 is 2.23 bits per heavy atom. The van der Waals surface area contributed by atoms with E-state index in [0.29, 0.717) is 17.0 Å². The maximum absolute atomic E-state index is 13.3. The minimum atomic E-state index is -4.98. The fourth-order valence-corrected chi connectivity index (χ4v) is 4.26. The van der Waals surface area contributed by atoms with Crippen molar-refractivity contribution in [2.24, 2.45) is 0 Å². The fourth-order valence-electron chi connectivity index (χ4n) is 3.46. The van der Waals surface area contributed by atoms with Crippen molar-refractivity contribution in [1.82, 2.24) is 10.0 Å². The smallest absolute Gasteiger partial charge is 0.497 e. The van der Waals surface area contributed by atoms with Gasteiger partial charge in [0.25, 0.3) is 0 Å². The van der Waals surface area contributed by atoms with Gasteiger partial charge in [0.1, 0.15) is 17.5 Å². The Labute approximate surface area is 222 Å². The highest BCUT2D eigenvalue weighted by molar-refractivity contribution is 7.91. The van der Waals surface area contributed by atoms with Crippen LogP contribution in [-0.2, 0) is 21.4 Å². The molecule has 3 aromatic carbocycles. The number of alkyl halides is 3. The summed E-state index contributed by atoms with van der Waals surface area (Å²) >= 11 is 0. The predicted molar refractivity (Wildman–Crippen MR) is 138 cm³/mol. The van der Waals surface area contributed by atoms with Crippen molar-refractivity contribution in [2.45, 2.75) is 18.8 Å². The molecule has 1 unspecified atom stereocenters. The Balaban J connectivity index is 1.73. The van der Waals surface area contributed by atoms with Crippen LogP contribution in [-0.4, -0.2) is 46.9 Å². The minimum Gasteiger partial charge on any atom is -0.497 e. The van der Waals surface area contributed by atoms with E-state index in [1.54, 1.807) is 59.3 Å². The highest BCUT2D eigenvalue weighted by Gasteiger charge is 2.31. The molecular formula is C25H25F3N4O6S. The lowest BCUT2D eigenvalue weighted by atomic mass is 10.0. The number of carbonyl (C=O) groups excluding carboxylic acids is 2. The summed E-state index contributed by atoms with van der Waals surface area (Å²) in [6.07, 6.45) is -4.94. The molecule has 0 aliphatic carbocycles. The summed E-state index contributed by atoms with van der Waals surface area (Å²) in [7, 11) is -1.61. The van der Waals surface area contributed by atoms with Crippen LogP contribution in [0.2, 0.25) is 0 Å². The van der Waals surface area contributed by atoms with Gasteiger partial charge in [-0.25, -0.2) is 9.52 Å². The molecule has 0 aromatic heterocycles. The van der Waals surface area contributed by atoms with Gasteiger partial charge >= 0.3 is 22.6 Å². The van der Waals surface area contributed by atoms with E-state index in [9.17, 15) is 31.2 Å². The molecule has 0 radical (unpaired) electrons. The Morgan fingerprint density at radius 2 is 1.62 bits per heavy atom. The van der Waals surface area contributed by atoms with Crippen LogP contribution < -0.4 is 29.1 Å². The van der Waals surface area contributed by atoms with Gasteiger partial charge < -0.3 is 19.7 Å². The summed E-state index contributed by atoms with van der Waals surface area (Å²) in [6.45, 7) is 0. The number of ether oxygens (including phenoxy) is 2. The molecule has 0 spiro atoms. The number of halogens is 3. The van der Waals surface area contributed by atoms with E-state index >= 15 is 0 Å². The third-order valence-electron chi connectivity index (χ3n) is 5.22. The molecule has 0 fully saturated rings. The summed E-state index contributed by atoms with van der Waals surface area (Å²) in [6, 6.07) is 17.0. The molecule has 3 aromatic rings. The van der Waals surface area contributed by atoms with Gasteiger partial charge in [-0.1, -0.05) is 36.4 Å². The average Bonchev–Trinajstić information content (AvgIpc) is 2.86. The van der Waals surface area contributed by atoms with E-state index in [4.69, 9.17) is 4.74 Å². The van der Waals surface area contributed by atoms with Gasteiger partial charge in [0.15, 0.2) is 0 Å². The predicted octanol–water partition coefficient (Wildman–Crippen LogP) is 3.82. The van der Waals surface area contributed by atoms with Crippen molar-refractivity contribution in [3.63, 3.8) is 0 Å². The Morgan fingerprint density at radius 1 is 0.949 bits per heavy atom. The number of methoxy groups -OCH3 is 1. The molecule has 0 aliphatic heterocycles. The summed E-state index contributed by atoms with van der Waals surface area (Å²) in [5.74, 6) is -0.630. The molecule has 0 saturated heterocycles. The number of hydrogen-bond donors (Lipinski definition) is 3. The molecule has 0 heterocycles. The van der Waals surface area contributed by atoms with E-state index in [1.807, 2.05) is 4.72 Å². The Hall–Kier alpha value is -4.46. The molecular weight excluding hydrogens is 541 g/mol. The van der Waals surface area contributed by atoms with E-state index in [-0.39, 0.29) is 12.1 Å². The topological polar surface area (TPSA) is 126 Å². The number of benzene rings is 3. The summed E-state index contributed by atoms with van der Waals surface area (Å²) in [5.41, 5.74) is 0.895. The van der Waals surface area contributed by atoms with Gasteiger partial charge in [-0.15, -0.1) is 13.2 Å². The number of hydrogen-bond acceptors (Lipinski definition) is 6. The van der Waals surface area contributed by atoms with Crippen molar-refractivity contribution in [2.75, 3.05) is 23.8 Å². The van der Waals surface area contributed by atoms with Crippen molar-refractivity contribution in [1.29, 1.82) is 0 Å². The number of rotatable bonds is 10. The monoisotopic (exact) mass is 566 g/mol. The van der Waals surface area contributed by atoms with E-state index in [2.05, 4.69) is 10.1 Å². The number of amides is 3.